The number of rotatable bonds is 4. The second-order valence-electron chi connectivity index (χ2n) is 6.79. The molecule has 2 heterocycles. The van der Waals surface area contributed by atoms with Crippen molar-refractivity contribution in [3.63, 3.8) is 0 Å². The molecule has 0 unspecified atom stereocenters. The van der Waals surface area contributed by atoms with E-state index in [2.05, 4.69) is 15.4 Å². The van der Waals surface area contributed by atoms with Crippen molar-refractivity contribution in [2.24, 2.45) is 5.92 Å². The number of carbonyl (C=O) groups is 4. The Labute approximate surface area is 153 Å². The Hall–Kier alpha value is -2.16. The molecule has 2 N–H and O–H groups in total. The van der Waals surface area contributed by atoms with E-state index in [9.17, 15) is 19.2 Å². The van der Waals surface area contributed by atoms with Crippen molar-refractivity contribution in [3.05, 3.63) is 0 Å². The summed E-state index contributed by atoms with van der Waals surface area (Å²) in [5.41, 5.74) is 0. The van der Waals surface area contributed by atoms with Crippen LogP contribution in [0, 0.1) is 5.92 Å². The summed E-state index contributed by atoms with van der Waals surface area (Å²) in [6, 6.07) is -1.63. The second-order valence-corrected chi connectivity index (χ2v) is 6.79. The Morgan fingerprint density at radius 3 is 2.38 bits per heavy atom. The van der Waals surface area contributed by atoms with E-state index in [4.69, 9.17) is 0 Å². The van der Waals surface area contributed by atoms with Crippen LogP contribution in [0.1, 0.15) is 26.7 Å². The number of nitrogens with zero attached hydrogens (tertiary/aromatic N) is 2. The summed E-state index contributed by atoms with van der Waals surface area (Å²) in [6.07, 6.45) is 1.47. The molecular formula is C17H28N4O5. The maximum Gasteiger partial charge on any atom is 0.328 e. The molecule has 0 radical (unpaired) electrons. The maximum atomic E-state index is 12.9. The molecule has 2 atom stereocenters. The number of ether oxygens (including phenoxy) is 1. The first-order valence-electron chi connectivity index (χ1n) is 9.00. The lowest BCUT2D eigenvalue weighted by atomic mass is 9.95. The fourth-order valence-electron chi connectivity index (χ4n) is 3.41. The predicted molar refractivity (Wildman–Crippen MR) is 93.0 cm³/mol. The van der Waals surface area contributed by atoms with Crippen molar-refractivity contribution in [1.29, 1.82) is 0 Å². The quantitative estimate of drug-likeness (QED) is 0.599. The molecule has 2 rings (SSSR count). The van der Waals surface area contributed by atoms with Gasteiger partial charge in [0.25, 0.3) is 0 Å². The summed E-state index contributed by atoms with van der Waals surface area (Å²) in [7, 11) is 1.25. The third-order valence-corrected chi connectivity index (χ3v) is 5.01. The first-order chi connectivity index (χ1) is 12.3. The van der Waals surface area contributed by atoms with Gasteiger partial charge in [-0.1, -0.05) is 0 Å². The molecule has 9 heteroatoms. The van der Waals surface area contributed by atoms with E-state index >= 15 is 0 Å². The summed E-state index contributed by atoms with van der Waals surface area (Å²) in [4.78, 5) is 52.1. The highest BCUT2D eigenvalue weighted by molar-refractivity contribution is 5.92. The van der Waals surface area contributed by atoms with Crippen LogP contribution in [0.15, 0.2) is 0 Å². The molecule has 2 aliphatic rings. The van der Waals surface area contributed by atoms with Gasteiger partial charge in [-0.25, -0.2) is 4.79 Å². The Kier molecular flexibility index (Phi) is 6.96. The first kappa shape index (κ1) is 20.2. The second kappa shape index (κ2) is 8.98. The summed E-state index contributed by atoms with van der Waals surface area (Å²) in [5, 5.41) is 5.81. The molecule has 0 aromatic heterocycles. The zero-order valence-electron chi connectivity index (χ0n) is 15.6. The fourth-order valence-corrected chi connectivity index (χ4v) is 3.41. The van der Waals surface area contributed by atoms with Gasteiger partial charge in [0.1, 0.15) is 12.1 Å². The van der Waals surface area contributed by atoms with Crippen LogP contribution in [-0.4, -0.2) is 85.4 Å². The number of hydrogen-bond donors (Lipinski definition) is 2. The van der Waals surface area contributed by atoms with Gasteiger partial charge in [-0.2, -0.15) is 0 Å². The molecule has 146 valence electrons. The Morgan fingerprint density at radius 2 is 1.81 bits per heavy atom. The van der Waals surface area contributed by atoms with Crippen molar-refractivity contribution < 1.29 is 23.9 Å². The molecule has 0 aromatic rings. The maximum absolute atomic E-state index is 12.9. The predicted octanol–water partition coefficient (Wildman–Crippen LogP) is -1.28. The highest BCUT2D eigenvalue weighted by atomic mass is 16.5. The lowest BCUT2D eigenvalue weighted by molar-refractivity contribution is -0.152. The van der Waals surface area contributed by atoms with Crippen LogP contribution in [0.2, 0.25) is 0 Å². The minimum Gasteiger partial charge on any atom is -0.467 e. The number of methoxy groups -OCH3 is 1. The van der Waals surface area contributed by atoms with Gasteiger partial charge in [0.15, 0.2) is 0 Å². The number of carbonyl (C=O) groups excluding carboxylic acids is 4. The zero-order valence-corrected chi connectivity index (χ0v) is 15.6. The zero-order chi connectivity index (χ0) is 19.3. The molecule has 9 nitrogen and oxygen atoms in total. The van der Waals surface area contributed by atoms with E-state index in [1.165, 1.54) is 21.0 Å². The Balaban J connectivity index is 2.13. The number of amides is 3. The van der Waals surface area contributed by atoms with Gasteiger partial charge in [0.2, 0.25) is 17.7 Å². The molecule has 2 fully saturated rings. The third kappa shape index (κ3) is 4.72. The molecule has 2 saturated heterocycles. The number of piperazine rings is 1. The van der Waals surface area contributed by atoms with Crippen molar-refractivity contribution in [2.45, 2.75) is 38.8 Å². The van der Waals surface area contributed by atoms with E-state index in [0.717, 1.165) is 25.9 Å². The smallest absolute Gasteiger partial charge is 0.328 e. The van der Waals surface area contributed by atoms with Crippen LogP contribution in [0.3, 0.4) is 0 Å². The van der Waals surface area contributed by atoms with Crippen molar-refractivity contribution in [3.8, 4) is 0 Å². The Bertz CT molecular complexity index is 561. The van der Waals surface area contributed by atoms with Crippen LogP contribution in [0.5, 0.6) is 0 Å². The van der Waals surface area contributed by atoms with Gasteiger partial charge in [0.05, 0.1) is 13.7 Å². The average molecular weight is 368 g/mol. The van der Waals surface area contributed by atoms with Gasteiger partial charge < -0.3 is 25.2 Å². The Morgan fingerprint density at radius 1 is 1.15 bits per heavy atom. The summed E-state index contributed by atoms with van der Waals surface area (Å²) in [5.74, 6) is -1.32. The van der Waals surface area contributed by atoms with Crippen molar-refractivity contribution in [1.82, 2.24) is 20.4 Å². The van der Waals surface area contributed by atoms with Crippen molar-refractivity contribution in [2.75, 3.05) is 39.8 Å². The normalized spacial score (nSPS) is 22.5. The molecule has 0 bridgehead atoms. The van der Waals surface area contributed by atoms with E-state index in [1.807, 2.05) is 0 Å². The summed E-state index contributed by atoms with van der Waals surface area (Å²) in [6.45, 7) is 5.37. The monoisotopic (exact) mass is 368 g/mol. The van der Waals surface area contributed by atoms with Gasteiger partial charge >= 0.3 is 5.97 Å². The lowest BCUT2D eigenvalue weighted by Gasteiger charge is -2.42. The number of esters is 1. The molecule has 0 aromatic carbocycles. The minimum atomic E-state index is -0.823. The largest absolute Gasteiger partial charge is 0.467 e. The molecule has 0 saturated carbocycles. The lowest BCUT2D eigenvalue weighted by Crippen LogP contribution is -2.63. The SMILES string of the molecule is COC(=O)[C@@H](C)NC(=O)[C@H]1CN(C(C)=O)CCN1C(=O)C1CCNCC1. The van der Waals surface area contributed by atoms with Crippen LogP contribution in [0.25, 0.3) is 0 Å². The summed E-state index contributed by atoms with van der Waals surface area (Å²) >= 11 is 0. The van der Waals surface area contributed by atoms with Crippen LogP contribution >= 0.6 is 0 Å². The number of nitrogens with one attached hydrogen (secondary N) is 2. The van der Waals surface area contributed by atoms with Gasteiger partial charge in [0, 0.05) is 25.9 Å². The van der Waals surface area contributed by atoms with E-state index in [1.54, 1.807) is 9.80 Å². The molecule has 0 aliphatic carbocycles. The highest BCUT2D eigenvalue weighted by Gasteiger charge is 2.39. The average Bonchev–Trinajstić information content (AvgIpc) is 2.66. The molecule has 0 spiro atoms. The molecule has 2 aliphatic heterocycles. The number of hydrogen-bond acceptors (Lipinski definition) is 6. The molecule has 3 amide bonds. The minimum absolute atomic E-state index is 0.0550. The first-order valence-corrected chi connectivity index (χ1v) is 9.00. The topological polar surface area (TPSA) is 108 Å². The van der Waals surface area contributed by atoms with E-state index < -0.39 is 24.0 Å². The number of piperidine rings is 1. The van der Waals surface area contributed by atoms with E-state index in [0.29, 0.717) is 13.1 Å². The standard InChI is InChI=1S/C17H28N4O5/c1-11(17(25)26-3)19-15(23)14-10-20(12(2)22)8-9-21(14)16(24)13-4-6-18-7-5-13/h11,13-14,18H,4-10H2,1-3H3,(H,19,23)/t11-,14-/m1/s1. The highest BCUT2D eigenvalue weighted by Crippen LogP contribution is 2.20. The van der Waals surface area contributed by atoms with Gasteiger partial charge in [-0.15, -0.1) is 0 Å². The van der Waals surface area contributed by atoms with Gasteiger partial charge in [-0.3, -0.25) is 14.4 Å². The van der Waals surface area contributed by atoms with Crippen LogP contribution in [0.4, 0.5) is 0 Å². The molecular weight excluding hydrogens is 340 g/mol. The molecule has 26 heavy (non-hydrogen) atoms. The fraction of sp³-hybridized carbons (Fsp3) is 0.765. The third-order valence-electron chi connectivity index (χ3n) is 5.01. The summed E-state index contributed by atoms with van der Waals surface area (Å²) < 4.78 is 4.62. The van der Waals surface area contributed by atoms with Crippen LogP contribution in [-0.2, 0) is 23.9 Å². The van der Waals surface area contributed by atoms with E-state index in [-0.39, 0.29) is 24.3 Å². The van der Waals surface area contributed by atoms with Crippen LogP contribution < -0.4 is 10.6 Å². The van der Waals surface area contributed by atoms with Crippen molar-refractivity contribution >= 4 is 23.7 Å². The van der Waals surface area contributed by atoms with Gasteiger partial charge in [-0.05, 0) is 32.9 Å².